The van der Waals surface area contributed by atoms with Crippen LogP contribution in [0.2, 0.25) is 5.02 Å². The Hall–Kier alpha value is -3.96. The summed E-state index contributed by atoms with van der Waals surface area (Å²) in [7, 11) is 0. The van der Waals surface area contributed by atoms with Crippen LogP contribution in [0.15, 0.2) is 47.4 Å². The summed E-state index contributed by atoms with van der Waals surface area (Å²) in [6, 6.07) is 10.6. The molecule has 0 spiro atoms. The highest BCUT2D eigenvalue weighted by atomic mass is 35.5. The van der Waals surface area contributed by atoms with Gasteiger partial charge in [0.05, 0.1) is 18.2 Å². The van der Waals surface area contributed by atoms with Crippen molar-refractivity contribution in [3.63, 3.8) is 0 Å². The fraction of sp³-hybridized carbons (Fsp3) is 0.240. The van der Waals surface area contributed by atoms with Crippen molar-refractivity contribution in [3.8, 4) is 22.9 Å². The summed E-state index contributed by atoms with van der Waals surface area (Å²) in [5.74, 6) is 0.120. The number of rotatable bonds is 2. The Kier molecular flexibility index (Phi) is 5.42. The molecule has 1 atom stereocenters. The van der Waals surface area contributed by atoms with E-state index < -0.39 is 0 Å². The van der Waals surface area contributed by atoms with Gasteiger partial charge in [-0.25, -0.2) is 0 Å². The van der Waals surface area contributed by atoms with Crippen LogP contribution in [0.4, 0.5) is 5.88 Å². The maximum atomic E-state index is 13.5. The first-order valence-corrected chi connectivity index (χ1v) is 11.2. The zero-order valence-corrected chi connectivity index (χ0v) is 19.0. The summed E-state index contributed by atoms with van der Waals surface area (Å²) < 4.78 is 11.6. The number of nitriles is 1. The van der Waals surface area contributed by atoms with Crippen molar-refractivity contribution in [3.05, 3.63) is 59.1 Å². The van der Waals surface area contributed by atoms with E-state index in [0.29, 0.717) is 71.1 Å². The molecule has 0 bridgehead atoms. The predicted octanol–water partition coefficient (Wildman–Crippen LogP) is 3.83. The number of nitrogens with two attached hydrogens (primary N) is 1. The van der Waals surface area contributed by atoms with Crippen LogP contribution in [0, 0.1) is 11.3 Å². The summed E-state index contributed by atoms with van der Waals surface area (Å²) in [6.45, 7) is 5.21. The molecule has 1 fully saturated rings. The van der Waals surface area contributed by atoms with Crippen LogP contribution in [0.1, 0.15) is 22.3 Å². The summed E-state index contributed by atoms with van der Waals surface area (Å²) >= 11 is 6.68. The van der Waals surface area contributed by atoms with Crippen molar-refractivity contribution in [1.29, 1.82) is 5.26 Å². The molecular formula is C25H21ClN4O4. The van der Waals surface area contributed by atoms with Crippen LogP contribution in [-0.2, 0) is 4.79 Å². The molecule has 0 aliphatic carbocycles. The number of nitrogens with zero attached hydrogens (tertiary/aromatic N) is 3. The topological polar surface area (TPSA) is 113 Å². The predicted molar refractivity (Wildman–Crippen MR) is 128 cm³/mol. The molecule has 5 rings (SSSR count). The van der Waals surface area contributed by atoms with Gasteiger partial charge in [-0.3, -0.25) is 9.59 Å². The average Bonchev–Trinajstić information content (AvgIpc) is 3.17. The lowest BCUT2D eigenvalue weighted by Gasteiger charge is -2.42. The maximum absolute atomic E-state index is 13.5. The zero-order valence-electron chi connectivity index (χ0n) is 18.2. The third kappa shape index (κ3) is 3.45. The van der Waals surface area contributed by atoms with Gasteiger partial charge in [0, 0.05) is 42.0 Å². The lowest BCUT2D eigenvalue weighted by molar-refractivity contribution is -0.128. The van der Waals surface area contributed by atoms with Gasteiger partial charge < -0.3 is 24.7 Å². The third-order valence-electron chi connectivity index (χ3n) is 6.38. The summed E-state index contributed by atoms with van der Waals surface area (Å²) in [5, 5.41) is 10.5. The van der Waals surface area contributed by atoms with Crippen LogP contribution >= 0.6 is 11.6 Å². The van der Waals surface area contributed by atoms with E-state index in [2.05, 4.69) is 12.6 Å². The number of amides is 2. The zero-order chi connectivity index (χ0) is 24.0. The van der Waals surface area contributed by atoms with Crippen LogP contribution < -0.4 is 10.5 Å². The highest BCUT2D eigenvalue weighted by Gasteiger charge is 2.35. The van der Waals surface area contributed by atoms with E-state index in [0.717, 1.165) is 0 Å². The lowest BCUT2D eigenvalue weighted by Crippen LogP contribution is -2.57. The fourth-order valence-corrected chi connectivity index (χ4v) is 4.97. The molecule has 34 heavy (non-hydrogen) atoms. The number of carbonyl (C=O) groups is 2. The monoisotopic (exact) mass is 476 g/mol. The second-order valence-corrected chi connectivity index (χ2v) is 8.65. The number of piperazine rings is 1. The molecule has 1 saturated heterocycles. The standard InChI is InChI=1S/C25H21ClN4O4/c1-2-22(31)29-7-8-30-14(13-29)6-9-33-21-11-16(19(26)10-17(21)25(30)32)15-4-3-5-20-23(15)18(12-27)24(28)34-20/h2-5,10-11,14H,1,6-9,13,28H2/t14-/m0/s1. The van der Waals surface area contributed by atoms with Crippen molar-refractivity contribution < 1.29 is 18.7 Å². The van der Waals surface area contributed by atoms with Gasteiger partial charge in [0.25, 0.3) is 5.91 Å². The fourth-order valence-electron chi connectivity index (χ4n) is 4.71. The normalized spacial score (nSPS) is 17.8. The van der Waals surface area contributed by atoms with Crippen LogP contribution in [0.3, 0.4) is 0 Å². The molecule has 2 aromatic carbocycles. The number of halogens is 1. The van der Waals surface area contributed by atoms with E-state index in [1.54, 1.807) is 34.1 Å². The number of hydrogen-bond acceptors (Lipinski definition) is 6. The number of fused-ring (bicyclic) bond motifs is 3. The Balaban J connectivity index is 1.56. The SMILES string of the molecule is C=CC(=O)N1CCN2C(=O)c3cc(Cl)c(-c4cccc5oc(N)c(C#N)c45)cc3OCC[C@H]2C1. The number of furan rings is 1. The highest BCUT2D eigenvalue weighted by molar-refractivity contribution is 6.34. The minimum atomic E-state index is -0.192. The summed E-state index contributed by atoms with van der Waals surface area (Å²) in [5.41, 5.74) is 8.23. The van der Waals surface area contributed by atoms with Crippen molar-refractivity contribution in [2.75, 3.05) is 32.0 Å². The number of ether oxygens (including phenoxy) is 1. The van der Waals surface area contributed by atoms with Crippen LogP contribution in [0.25, 0.3) is 22.1 Å². The van der Waals surface area contributed by atoms with Crippen molar-refractivity contribution in [2.24, 2.45) is 0 Å². The minimum absolute atomic E-state index is 0.0406. The Morgan fingerprint density at radius 1 is 1.26 bits per heavy atom. The first-order chi connectivity index (χ1) is 16.4. The second kappa shape index (κ2) is 8.43. The molecule has 0 radical (unpaired) electrons. The van der Waals surface area contributed by atoms with E-state index in [4.69, 9.17) is 26.5 Å². The molecule has 3 aromatic rings. The molecular weight excluding hydrogens is 456 g/mol. The Morgan fingerprint density at radius 3 is 2.85 bits per heavy atom. The number of carbonyl (C=O) groups excluding carboxylic acids is 2. The van der Waals surface area contributed by atoms with E-state index in [1.807, 2.05) is 6.07 Å². The Morgan fingerprint density at radius 2 is 2.09 bits per heavy atom. The van der Waals surface area contributed by atoms with Crippen molar-refractivity contribution in [1.82, 2.24) is 9.80 Å². The van der Waals surface area contributed by atoms with E-state index in [9.17, 15) is 14.9 Å². The Labute approximate surface area is 200 Å². The van der Waals surface area contributed by atoms with Gasteiger partial charge in [-0.15, -0.1) is 0 Å². The molecule has 2 aliphatic heterocycles. The smallest absolute Gasteiger partial charge is 0.258 e. The van der Waals surface area contributed by atoms with Gasteiger partial charge >= 0.3 is 0 Å². The average molecular weight is 477 g/mol. The van der Waals surface area contributed by atoms with E-state index in [1.165, 1.54) is 6.08 Å². The van der Waals surface area contributed by atoms with E-state index in [-0.39, 0.29) is 29.3 Å². The van der Waals surface area contributed by atoms with Gasteiger partial charge in [0.1, 0.15) is 23.0 Å². The van der Waals surface area contributed by atoms with Gasteiger partial charge in [-0.05, 0) is 29.8 Å². The summed E-state index contributed by atoms with van der Waals surface area (Å²) in [6.07, 6.45) is 1.87. The minimum Gasteiger partial charge on any atom is -0.493 e. The van der Waals surface area contributed by atoms with Gasteiger partial charge in [0.2, 0.25) is 11.8 Å². The molecule has 0 unspecified atom stereocenters. The first kappa shape index (κ1) is 21.9. The number of benzene rings is 2. The quantitative estimate of drug-likeness (QED) is 0.562. The molecule has 2 aliphatic rings. The lowest BCUT2D eigenvalue weighted by atomic mass is 9.96. The molecule has 3 heterocycles. The van der Waals surface area contributed by atoms with Crippen molar-refractivity contribution >= 4 is 40.3 Å². The second-order valence-electron chi connectivity index (χ2n) is 8.24. The van der Waals surface area contributed by atoms with E-state index >= 15 is 0 Å². The van der Waals surface area contributed by atoms with Gasteiger partial charge in [0.15, 0.2) is 0 Å². The molecule has 2 amide bonds. The number of hydrogen-bond donors (Lipinski definition) is 1. The number of anilines is 1. The van der Waals surface area contributed by atoms with Gasteiger partial charge in [-0.1, -0.05) is 30.3 Å². The number of nitrogen functional groups attached to an aromatic ring is 1. The first-order valence-electron chi connectivity index (χ1n) is 10.8. The van der Waals surface area contributed by atoms with Crippen LogP contribution in [0.5, 0.6) is 5.75 Å². The highest BCUT2D eigenvalue weighted by Crippen LogP contribution is 2.42. The largest absolute Gasteiger partial charge is 0.493 e. The molecule has 9 heteroatoms. The molecule has 1 aromatic heterocycles. The molecule has 0 saturated carbocycles. The maximum Gasteiger partial charge on any atom is 0.258 e. The molecule has 8 nitrogen and oxygen atoms in total. The van der Waals surface area contributed by atoms with Crippen LogP contribution in [-0.4, -0.2) is 53.9 Å². The van der Waals surface area contributed by atoms with Gasteiger partial charge in [-0.2, -0.15) is 5.26 Å². The summed E-state index contributed by atoms with van der Waals surface area (Å²) in [4.78, 5) is 29.0. The van der Waals surface area contributed by atoms with Crippen molar-refractivity contribution in [2.45, 2.75) is 12.5 Å². The Bertz CT molecular complexity index is 1390. The third-order valence-corrected chi connectivity index (χ3v) is 6.70. The molecule has 2 N–H and O–H groups in total. The molecule has 172 valence electrons.